The monoisotopic (exact) mass is 273 g/mol. The van der Waals surface area contributed by atoms with Crippen LogP contribution in [0.2, 0.25) is 0 Å². The second kappa shape index (κ2) is 6.59. The van der Waals surface area contributed by atoms with Gasteiger partial charge < -0.3 is 5.32 Å². The topological polar surface area (TPSA) is 29.1 Å². The van der Waals surface area contributed by atoms with E-state index >= 15 is 0 Å². The third kappa shape index (κ3) is 4.58. The molecule has 0 saturated heterocycles. The summed E-state index contributed by atoms with van der Waals surface area (Å²) in [6.07, 6.45) is -2.36. The molecule has 5 heteroatoms. The number of benzene rings is 1. The highest BCUT2D eigenvalue weighted by molar-refractivity contribution is 5.76. The molecule has 1 aromatic rings. The van der Waals surface area contributed by atoms with Gasteiger partial charge in [0.15, 0.2) is 0 Å². The van der Waals surface area contributed by atoms with Gasteiger partial charge in [-0.15, -0.1) is 0 Å². The smallest absolute Gasteiger partial charge is 0.359 e. The normalized spacial score (nSPS) is 13.1. The van der Waals surface area contributed by atoms with E-state index in [9.17, 15) is 18.0 Å². The molecule has 2 nitrogen and oxygen atoms in total. The number of alkyl halides is 3. The molecule has 0 spiro atoms. The number of amides is 1. The van der Waals surface area contributed by atoms with Crippen molar-refractivity contribution in [3.63, 3.8) is 0 Å². The first-order valence-corrected chi connectivity index (χ1v) is 6.26. The van der Waals surface area contributed by atoms with Crippen molar-refractivity contribution in [2.45, 2.75) is 38.3 Å². The first-order chi connectivity index (χ1) is 8.88. The van der Waals surface area contributed by atoms with Crippen LogP contribution < -0.4 is 5.32 Å². The second-order valence-corrected chi connectivity index (χ2v) is 4.48. The van der Waals surface area contributed by atoms with Crippen molar-refractivity contribution >= 4 is 5.91 Å². The molecule has 1 aromatic carbocycles. The van der Waals surface area contributed by atoms with Crippen LogP contribution in [-0.2, 0) is 11.0 Å². The molecule has 1 rings (SSSR count). The highest BCUT2D eigenvalue weighted by Crippen LogP contribution is 2.31. The molecule has 0 aliphatic rings. The Morgan fingerprint density at radius 2 is 1.84 bits per heavy atom. The van der Waals surface area contributed by atoms with Crippen molar-refractivity contribution in [3.05, 3.63) is 35.4 Å². The molecule has 0 fully saturated rings. The lowest BCUT2D eigenvalue weighted by Crippen LogP contribution is -2.20. The second-order valence-electron chi connectivity index (χ2n) is 4.48. The maximum Gasteiger partial charge on any atom is 0.416 e. The van der Waals surface area contributed by atoms with Gasteiger partial charge in [0.2, 0.25) is 5.91 Å². The molecular formula is C14H18F3NO. The van der Waals surface area contributed by atoms with Gasteiger partial charge in [-0.2, -0.15) is 13.2 Å². The van der Waals surface area contributed by atoms with Crippen molar-refractivity contribution in [3.8, 4) is 0 Å². The van der Waals surface area contributed by atoms with Crippen LogP contribution in [0.15, 0.2) is 24.3 Å². The quantitative estimate of drug-likeness (QED) is 0.870. The van der Waals surface area contributed by atoms with E-state index in [0.29, 0.717) is 6.42 Å². The van der Waals surface area contributed by atoms with Crippen LogP contribution in [-0.4, -0.2) is 13.0 Å². The van der Waals surface area contributed by atoms with Gasteiger partial charge in [-0.25, -0.2) is 0 Å². The number of hydrogen-bond acceptors (Lipinski definition) is 1. The Kier molecular flexibility index (Phi) is 5.39. The summed E-state index contributed by atoms with van der Waals surface area (Å²) in [4.78, 5) is 11.4. The Bertz CT molecular complexity index is 412. The van der Waals surface area contributed by atoms with Crippen LogP contribution in [0.25, 0.3) is 0 Å². The molecule has 0 aromatic heterocycles. The highest BCUT2D eigenvalue weighted by Gasteiger charge is 2.30. The van der Waals surface area contributed by atoms with Gasteiger partial charge in [0.1, 0.15) is 0 Å². The van der Waals surface area contributed by atoms with Gasteiger partial charge in [0, 0.05) is 13.5 Å². The maximum absolute atomic E-state index is 12.5. The maximum atomic E-state index is 12.5. The van der Waals surface area contributed by atoms with Gasteiger partial charge in [-0.1, -0.05) is 25.5 Å². The van der Waals surface area contributed by atoms with Crippen molar-refractivity contribution in [1.82, 2.24) is 5.32 Å². The van der Waals surface area contributed by atoms with Crippen molar-refractivity contribution in [2.75, 3.05) is 7.05 Å². The molecule has 106 valence electrons. The third-order valence-corrected chi connectivity index (χ3v) is 3.06. The minimum absolute atomic E-state index is 0.0350. The fraction of sp³-hybridized carbons (Fsp3) is 0.500. The summed E-state index contributed by atoms with van der Waals surface area (Å²) in [6.45, 7) is 1.99. The van der Waals surface area contributed by atoms with E-state index < -0.39 is 11.7 Å². The van der Waals surface area contributed by atoms with E-state index in [1.54, 1.807) is 7.05 Å². The largest absolute Gasteiger partial charge is 0.416 e. The van der Waals surface area contributed by atoms with Crippen LogP contribution in [0.4, 0.5) is 13.2 Å². The lowest BCUT2D eigenvalue weighted by Gasteiger charge is -2.16. The van der Waals surface area contributed by atoms with Crippen LogP contribution in [0.1, 0.15) is 43.2 Å². The number of hydrogen-bond donors (Lipinski definition) is 1. The zero-order chi connectivity index (χ0) is 14.5. The molecule has 0 aliphatic heterocycles. The van der Waals surface area contributed by atoms with E-state index in [4.69, 9.17) is 0 Å². The van der Waals surface area contributed by atoms with Crippen molar-refractivity contribution < 1.29 is 18.0 Å². The average molecular weight is 273 g/mol. The van der Waals surface area contributed by atoms with Gasteiger partial charge in [0.25, 0.3) is 0 Å². The third-order valence-electron chi connectivity index (χ3n) is 3.06. The summed E-state index contributed by atoms with van der Waals surface area (Å²) in [6, 6.07) is 5.07. The van der Waals surface area contributed by atoms with Crippen LogP contribution in [0.3, 0.4) is 0 Å². The van der Waals surface area contributed by atoms with E-state index in [0.717, 1.165) is 30.5 Å². The highest BCUT2D eigenvalue weighted by atomic mass is 19.4. The minimum Gasteiger partial charge on any atom is -0.359 e. The minimum atomic E-state index is -4.32. The van der Waals surface area contributed by atoms with Crippen molar-refractivity contribution in [1.29, 1.82) is 0 Å². The predicted octanol–water partition coefficient (Wildman–Crippen LogP) is 3.73. The Hall–Kier alpha value is -1.52. The van der Waals surface area contributed by atoms with Gasteiger partial charge in [-0.05, 0) is 30.0 Å². The standard InChI is InChI=1S/C14H18F3NO/c1-3-4-11(9-13(19)18-2)10-5-7-12(8-6-10)14(15,16)17/h5-8,11H,3-4,9H2,1-2H3,(H,18,19). The molecular weight excluding hydrogens is 255 g/mol. The molecule has 1 N–H and O–H groups in total. The Labute approximate surface area is 111 Å². The van der Waals surface area contributed by atoms with E-state index in [2.05, 4.69) is 5.32 Å². The molecule has 1 atom stereocenters. The number of rotatable bonds is 5. The molecule has 19 heavy (non-hydrogen) atoms. The van der Waals surface area contributed by atoms with Crippen LogP contribution in [0, 0.1) is 0 Å². The zero-order valence-corrected chi connectivity index (χ0v) is 11.1. The van der Waals surface area contributed by atoms with E-state index in [1.807, 2.05) is 6.92 Å². The lowest BCUT2D eigenvalue weighted by atomic mass is 9.90. The van der Waals surface area contributed by atoms with Crippen molar-refractivity contribution in [2.24, 2.45) is 0 Å². The first-order valence-electron chi connectivity index (χ1n) is 6.26. The van der Waals surface area contributed by atoms with Crippen LogP contribution in [0.5, 0.6) is 0 Å². The summed E-state index contributed by atoms with van der Waals surface area (Å²) in [5.41, 5.74) is 0.116. The van der Waals surface area contributed by atoms with E-state index in [-0.39, 0.29) is 11.8 Å². The zero-order valence-electron chi connectivity index (χ0n) is 11.1. The molecule has 1 unspecified atom stereocenters. The molecule has 0 bridgehead atoms. The fourth-order valence-electron chi connectivity index (χ4n) is 2.01. The van der Waals surface area contributed by atoms with Gasteiger partial charge in [-0.3, -0.25) is 4.79 Å². The van der Waals surface area contributed by atoms with E-state index in [1.165, 1.54) is 12.1 Å². The number of nitrogens with one attached hydrogen (secondary N) is 1. The summed E-state index contributed by atoms with van der Waals surface area (Å²) < 4.78 is 37.4. The summed E-state index contributed by atoms with van der Waals surface area (Å²) in [5, 5.41) is 2.54. The number of halogens is 3. The molecule has 0 radical (unpaired) electrons. The average Bonchev–Trinajstić information content (AvgIpc) is 2.37. The number of carbonyl (C=O) groups is 1. The Morgan fingerprint density at radius 1 is 1.26 bits per heavy atom. The van der Waals surface area contributed by atoms with Gasteiger partial charge in [0.05, 0.1) is 5.56 Å². The Morgan fingerprint density at radius 3 is 2.26 bits per heavy atom. The van der Waals surface area contributed by atoms with Gasteiger partial charge >= 0.3 is 6.18 Å². The summed E-state index contributed by atoms with van der Waals surface area (Å²) >= 11 is 0. The fourth-order valence-corrected chi connectivity index (χ4v) is 2.01. The SMILES string of the molecule is CCCC(CC(=O)NC)c1ccc(C(F)(F)F)cc1. The summed E-state index contributed by atoms with van der Waals surface area (Å²) in [5.74, 6) is -0.134. The first kappa shape index (κ1) is 15.5. The Balaban J connectivity index is 2.88. The molecule has 0 aliphatic carbocycles. The number of carbonyl (C=O) groups excluding carboxylic acids is 1. The summed E-state index contributed by atoms with van der Waals surface area (Å²) in [7, 11) is 1.55. The van der Waals surface area contributed by atoms with Crippen LogP contribution >= 0.6 is 0 Å². The predicted molar refractivity (Wildman–Crippen MR) is 67.8 cm³/mol. The lowest BCUT2D eigenvalue weighted by molar-refractivity contribution is -0.137. The molecule has 0 saturated carbocycles. The molecule has 1 amide bonds. The molecule has 0 heterocycles.